The molecule has 0 heterocycles. The van der Waals surface area contributed by atoms with E-state index in [1.165, 1.54) is 89.0 Å². The number of unbranched alkanes of at least 4 members (excludes halogenated alkanes) is 13. The van der Waals surface area contributed by atoms with Gasteiger partial charge in [0.05, 0.1) is 0 Å². The second-order valence-electron chi connectivity index (χ2n) is 9.54. The van der Waals surface area contributed by atoms with E-state index in [4.69, 9.17) is 4.74 Å². The second-order valence-corrected chi connectivity index (χ2v) is 9.54. The van der Waals surface area contributed by atoms with Gasteiger partial charge in [-0.3, -0.25) is 4.79 Å². The first-order valence-electron chi connectivity index (χ1n) is 13.8. The Bertz CT molecular complexity index is 757. The molecule has 0 bridgehead atoms. The summed E-state index contributed by atoms with van der Waals surface area (Å²) in [6.07, 6.45) is 18.3. The zero-order chi connectivity index (χ0) is 24.3. The van der Waals surface area contributed by atoms with Crippen LogP contribution in [-0.2, 0) is 4.79 Å². The number of rotatable bonds is 19. The van der Waals surface area contributed by atoms with Gasteiger partial charge in [0, 0.05) is 6.54 Å². The standard InChI is InChI=1S/C31H47NO2/c1-3-4-5-6-7-8-9-10-11-12-13-14-15-19-26-32-31(33)27(2)34-30-24-22-29(23-25-30)28-20-17-16-18-21-28/h16-18,20-25,27H,3-15,19,26H2,1-2H3,(H,32,33). The lowest BCUT2D eigenvalue weighted by Gasteiger charge is -2.15. The summed E-state index contributed by atoms with van der Waals surface area (Å²) < 4.78 is 5.83. The Labute approximate surface area is 208 Å². The predicted molar refractivity (Wildman–Crippen MR) is 145 cm³/mol. The van der Waals surface area contributed by atoms with E-state index in [9.17, 15) is 4.79 Å². The largest absolute Gasteiger partial charge is 0.481 e. The molecule has 0 aromatic heterocycles. The summed E-state index contributed by atoms with van der Waals surface area (Å²) in [5.41, 5.74) is 2.32. The lowest BCUT2D eigenvalue weighted by Crippen LogP contribution is -2.36. The maximum Gasteiger partial charge on any atom is 0.260 e. The SMILES string of the molecule is CCCCCCCCCCCCCCCCNC(=O)C(C)Oc1ccc(-c2ccccc2)cc1. The normalized spacial score (nSPS) is 11.8. The summed E-state index contributed by atoms with van der Waals surface area (Å²) in [6.45, 7) is 4.82. The number of carbonyl (C=O) groups is 1. The molecule has 1 unspecified atom stereocenters. The number of hydrogen-bond acceptors (Lipinski definition) is 2. The van der Waals surface area contributed by atoms with Gasteiger partial charge < -0.3 is 10.1 Å². The van der Waals surface area contributed by atoms with Crippen LogP contribution in [0.5, 0.6) is 5.75 Å². The quantitative estimate of drug-likeness (QED) is 0.211. The first-order valence-corrected chi connectivity index (χ1v) is 13.8. The van der Waals surface area contributed by atoms with Crippen molar-refractivity contribution in [2.45, 2.75) is 110 Å². The van der Waals surface area contributed by atoms with Crippen LogP contribution in [0, 0.1) is 0 Å². The molecule has 2 aromatic rings. The van der Waals surface area contributed by atoms with Crippen molar-refractivity contribution in [2.24, 2.45) is 0 Å². The van der Waals surface area contributed by atoms with Gasteiger partial charge in [0.1, 0.15) is 5.75 Å². The average Bonchev–Trinajstić information content (AvgIpc) is 2.87. The smallest absolute Gasteiger partial charge is 0.260 e. The molecule has 3 heteroatoms. The van der Waals surface area contributed by atoms with Crippen molar-refractivity contribution in [3.63, 3.8) is 0 Å². The molecule has 0 radical (unpaired) electrons. The number of benzene rings is 2. The van der Waals surface area contributed by atoms with Crippen LogP contribution in [-0.4, -0.2) is 18.6 Å². The molecule has 0 saturated heterocycles. The zero-order valence-corrected chi connectivity index (χ0v) is 21.7. The third kappa shape index (κ3) is 12.3. The second kappa shape index (κ2) is 18.1. The summed E-state index contributed by atoms with van der Waals surface area (Å²) in [4.78, 5) is 12.3. The van der Waals surface area contributed by atoms with Gasteiger partial charge in [-0.15, -0.1) is 0 Å². The number of ether oxygens (including phenoxy) is 1. The molecule has 0 aliphatic rings. The number of carbonyl (C=O) groups excluding carboxylic acids is 1. The molecule has 1 atom stereocenters. The Hall–Kier alpha value is -2.29. The fourth-order valence-corrected chi connectivity index (χ4v) is 4.29. The van der Waals surface area contributed by atoms with Crippen molar-refractivity contribution in [2.75, 3.05) is 6.54 Å². The van der Waals surface area contributed by atoms with Crippen LogP contribution in [0.1, 0.15) is 104 Å². The van der Waals surface area contributed by atoms with E-state index in [1.807, 2.05) is 49.4 Å². The minimum Gasteiger partial charge on any atom is -0.481 e. The molecule has 0 fully saturated rings. The Morgan fingerprint density at radius 1 is 0.676 bits per heavy atom. The van der Waals surface area contributed by atoms with Gasteiger partial charge in [-0.05, 0) is 36.6 Å². The van der Waals surface area contributed by atoms with Crippen LogP contribution in [0.3, 0.4) is 0 Å². The average molecular weight is 466 g/mol. The van der Waals surface area contributed by atoms with E-state index < -0.39 is 6.10 Å². The highest BCUT2D eigenvalue weighted by molar-refractivity contribution is 5.80. The van der Waals surface area contributed by atoms with E-state index in [0.29, 0.717) is 0 Å². The number of nitrogens with one attached hydrogen (secondary N) is 1. The molecule has 2 rings (SSSR count). The van der Waals surface area contributed by atoms with E-state index >= 15 is 0 Å². The van der Waals surface area contributed by atoms with Gasteiger partial charge in [-0.2, -0.15) is 0 Å². The molecule has 1 amide bonds. The Morgan fingerprint density at radius 2 is 1.15 bits per heavy atom. The van der Waals surface area contributed by atoms with Crippen molar-refractivity contribution in [1.82, 2.24) is 5.32 Å². The Balaban J connectivity index is 1.44. The molecular formula is C31H47NO2. The van der Waals surface area contributed by atoms with Gasteiger partial charge in [-0.25, -0.2) is 0 Å². The third-order valence-electron chi connectivity index (χ3n) is 6.47. The van der Waals surface area contributed by atoms with Crippen molar-refractivity contribution in [3.05, 3.63) is 54.6 Å². The monoisotopic (exact) mass is 465 g/mol. The Morgan fingerprint density at radius 3 is 1.68 bits per heavy atom. The van der Waals surface area contributed by atoms with Gasteiger partial charge in [-0.1, -0.05) is 133 Å². The maximum atomic E-state index is 12.3. The van der Waals surface area contributed by atoms with Gasteiger partial charge >= 0.3 is 0 Å². The highest BCUT2D eigenvalue weighted by Crippen LogP contribution is 2.22. The Kier molecular flexibility index (Phi) is 14.9. The van der Waals surface area contributed by atoms with Crippen molar-refractivity contribution in [3.8, 4) is 16.9 Å². The van der Waals surface area contributed by atoms with E-state index in [1.54, 1.807) is 0 Å². The fraction of sp³-hybridized carbons (Fsp3) is 0.581. The molecular weight excluding hydrogens is 418 g/mol. The van der Waals surface area contributed by atoms with Crippen molar-refractivity contribution >= 4 is 5.91 Å². The molecule has 1 N–H and O–H groups in total. The van der Waals surface area contributed by atoms with Crippen LogP contribution in [0.15, 0.2) is 54.6 Å². The summed E-state index contributed by atoms with van der Waals surface area (Å²) in [5, 5.41) is 3.02. The molecule has 2 aromatic carbocycles. The van der Waals surface area contributed by atoms with Gasteiger partial charge in [0.15, 0.2) is 6.10 Å². The molecule has 0 aliphatic heterocycles. The first kappa shape index (κ1) is 28.0. The van der Waals surface area contributed by atoms with Crippen LogP contribution in [0.25, 0.3) is 11.1 Å². The van der Waals surface area contributed by atoms with Gasteiger partial charge in [0.2, 0.25) is 0 Å². The first-order chi connectivity index (χ1) is 16.7. The zero-order valence-electron chi connectivity index (χ0n) is 21.7. The van der Waals surface area contributed by atoms with Crippen LogP contribution < -0.4 is 10.1 Å². The number of hydrogen-bond donors (Lipinski definition) is 1. The van der Waals surface area contributed by atoms with E-state index in [2.05, 4.69) is 24.4 Å². The molecule has 0 aliphatic carbocycles. The highest BCUT2D eigenvalue weighted by Gasteiger charge is 2.14. The van der Waals surface area contributed by atoms with Crippen molar-refractivity contribution < 1.29 is 9.53 Å². The van der Waals surface area contributed by atoms with Crippen LogP contribution >= 0.6 is 0 Å². The van der Waals surface area contributed by atoms with E-state index in [-0.39, 0.29) is 5.91 Å². The van der Waals surface area contributed by atoms with Crippen molar-refractivity contribution in [1.29, 1.82) is 0 Å². The summed E-state index contributed by atoms with van der Waals surface area (Å²) in [6, 6.07) is 18.2. The minimum atomic E-state index is -0.491. The van der Waals surface area contributed by atoms with Crippen LogP contribution in [0.2, 0.25) is 0 Å². The van der Waals surface area contributed by atoms with Crippen LogP contribution in [0.4, 0.5) is 0 Å². The third-order valence-corrected chi connectivity index (χ3v) is 6.47. The number of amides is 1. The lowest BCUT2D eigenvalue weighted by atomic mass is 10.0. The molecule has 188 valence electrons. The minimum absolute atomic E-state index is 0.0400. The maximum absolute atomic E-state index is 12.3. The highest BCUT2D eigenvalue weighted by atomic mass is 16.5. The summed E-state index contributed by atoms with van der Waals surface area (Å²) in [7, 11) is 0. The molecule has 0 saturated carbocycles. The van der Waals surface area contributed by atoms with E-state index in [0.717, 1.165) is 24.3 Å². The predicted octanol–water partition coefficient (Wildman–Crippen LogP) is 8.72. The molecule has 34 heavy (non-hydrogen) atoms. The molecule has 0 spiro atoms. The summed E-state index contributed by atoms with van der Waals surface area (Å²) >= 11 is 0. The lowest BCUT2D eigenvalue weighted by molar-refractivity contribution is -0.127. The summed E-state index contributed by atoms with van der Waals surface area (Å²) in [5.74, 6) is 0.681. The fourth-order valence-electron chi connectivity index (χ4n) is 4.29. The topological polar surface area (TPSA) is 38.3 Å². The van der Waals surface area contributed by atoms with Gasteiger partial charge in [0.25, 0.3) is 5.91 Å². The molecule has 3 nitrogen and oxygen atoms in total.